The number of rotatable bonds is 10. The summed E-state index contributed by atoms with van der Waals surface area (Å²) < 4.78 is 19.5. The Kier molecular flexibility index (Phi) is 8.69. The second-order valence-electron chi connectivity index (χ2n) is 7.18. The van der Waals surface area contributed by atoms with E-state index in [0.717, 1.165) is 16.8 Å². The zero-order valence-electron chi connectivity index (χ0n) is 17.7. The highest BCUT2D eigenvalue weighted by Crippen LogP contribution is 2.19. The number of carbonyl (C=O) groups excluding carboxylic acids is 2. The van der Waals surface area contributed by atoms with E-state index in [9.17, 15) is 14.0 Å². The lowest BCUT2D eigenvalue weighted by Crippen LogP contribution is -2.34. The molecular formula is C25H25FN2O3S. The molecule has 0 bridgehead atoms. The van der Waals surface area contributed by atoms with E-state index in [4.69, 9.17) is 4.74 Å². The average Bonchev–Trinajstić information content (AvgIpc) is 2.79. The molecule has 0 radical (unpaired) electrons. The molecule has 0 aliphatic rings. The topological polar surface area (TPSA) is 67.4 Å². The molecule has 32 heavy (non-hydrogen) atoms. The van der Waals surface area contributed by atoms with Gasteiger partial charge in [0, 0.05) is 5.69 Å². The average molecular weight is 453 g/mol. The molecule has 1 atom stereocenters. The molecule has 2 N–H and O–H groups in total. The van der Waals surface area contributed by atoms with Crippen LogP contribution in [0.2, 0.25) is 0 Å². The summed E-state index contributed by atoms with van der Waals surface area (Å²) in [5.74, 6) is -0.461. The number of amides is 2. The number of ether oxygens (including phenoxy) is 1. The van der Waals surface area contributed by atoms with Crippen LogP contribution in [0.1, 0.15) is 17.2 Å². The second kappa shape index (κ2) is 11.9. The van der Waals surface area contributed by atoms with Gasteiger partial charge < -0.3 is 15.4 Å². The van der Waals surface area contributed by atoms with Crippen LogP contribution in [0.3, 0.4) is 0 Å². The normalized spacial score (nSPS) is 11.4. The van der Waals surface area contributed by atoms with Gasteiger partial charge in [-0.15, -0.1) is 11.8 Å². The molecule has 0 aliphatic carbocycles. The first kappa shape index (κ1) is 23.3. The van der Waals surface area contributed by atoms with Crippen LogP contribution >= 0.6 is 11.8 Å². The monoisotopic (exact) mass is 452 g/mol. The highest BCUT2D eigenvalue weighted by Gasteiger charge is 2.17. The number of aryl methyl sites for hydroxylation is 1. The molecular weight excluding hydrogens is 427 g/mol. The molecule has 5 nitrogen and oxygen atoms in total. The fraction of sp³-hybridized carbons (Fsp3) is 0.200. The maximum atomic E-state index is 13.9. The number of carbonyl (C=O) groups is 2. The number of anilines is 1. The zero-order chi connectivity index (χ0) is 22.8. The number of nitrogens with one attached hydrogen (secondary N) is 2. The summed E-state index contributed by atoms with van der Waals surface area (Å²) in [4.78, 5) is 24.6. The Morgan fingerprint density at radius 2 is 1.56 bits per heavy atom. The number of benzene rings is 3. The fourth-order valence-corrected chi connectivity index (χ4v) is 3.58. The Balaban J connectivity index is 1.50. The largest absolute Gasteiger partial charge is 0.488 e. The number of hydrogen-bond acceptors (Lipinski definition) is 4. The lowest BCUT2D eigenvalue weighted by atomic mass is 10.1. The Hall–Kier alpha value is -3.32. The van der Waals surface area contributed by atoms with Gasteiger partial charge in [0.1, 0.15) is 6.61 Å². The first-order valence-electron chi connectivity index (χ1n) is 10.2. The third-order valence-corrected chi connectivity index (χ3v) is 5.51. The maximum Gasteiger partial charge on any atom is 0.234 e. The van der Waals surface area contributed by atoms with Gasteiger partial charge in [-0.3, -0.25) is 9.59 Å². The van der Waals surface area contributed by atoms with Crippen molar-refractivity contribution < 1.29 is 18.7 Å². The zero-order valence-corrected chi connectivity index (χ0v) is 18.5. The maximum absolute atomic E-state index is 13.9. The minimum atomic E-state index is -0.458. The van der Waals surface area contributed by atoms with Crippen molar-refractivity contribution in [3.63, 3.8) is 0 Å². The first-order chi connectivity index (χ1) is 15.5. The quantitative estimate of drug-likeness (QED) is 0.466. The molecule has 2 amide bonds. The highest BCUT2D eigenvalue weighted by atomic mass is 32.2. The highest BCUT2D eigenvalue weighted by molar-refractivity contribution is 8.00. The van der Waals surface area contributed by atoms with Crippen molar-refractivity contribution in [1.82, 2.24) is 5.32 Å². The molecule has 0 fully saturated rings. The lowest BCUT2D eigenvalue weighted by molar-refractivity contribution is -0.119. The predicted octanol–water partition coefficient (Wildman–Crippen LogP) is 4.74. The third-order valence-electron chi connectivity index (χ3n) is 4.58. The van der Waals surface area contributed by atoms with Crippen LogP contribution in [0.5, 0.6) is 5.75 Å². The van der Waals surface area contributed by atoms with Gasteiger partial charge in [-0.05, 0) is 36.8 Å². The standard InChI is InChI=1S/C25H25FN2O3S/c1-18-11-13-20(14-12-18)27-24(29)16-32-17-25(30)28-22(19-7-3-2-4-8-19)15-31-23-10-6-5-9-21(23)26/h2-14,22H,15-17H2,1H3,(H,27,29)(H,28,30)/t22-/m1/s1. The van der Waals surface area contributed by atoms with Crippen LogP contribution in [-0.2, 0) is 9.59 Å². The van der Waals surface area contributed by atoms with E-state index in [1.165, 1.54) is 17.8 Å². The molecule has 0 unspecified atom stereocenters. The van der Waals surface area contributed by atoms with E-state index in [2.05, 4.69) is 10.6 Å². The summed E-state index contributed by atoms with van der Waals surface area (Å²) in [5.41, 5.74) is 2.68. The van der Waals surface area contributed by atoms with Gasteiger partial charge in [0.2, 0.25) is 11.8 Å². The molecule has 3 aromatic rings. The molecule has 3 rings (SSSR count). The summed E-state index contributed by atoms with van der Waals surface area (Å²) in [7, 11) is 0. The van der Waals surface area contributed by atoms with Gasteiger partial charge >= 0.3 is 0 Å². The molecule has 166 valence electrons. The molecule has 3 aromatic carbocycles. The van der Waals surface area contributed by atoms with Crippen molar-refractivity contribution in [3.8, 4) is 5.75 Å². The van der Waals surface area contributed by atoms with Crippen LogP contribution in [0, 0.1) is 12.7 Å². The molecule has 0 heterocycles. The van der Waals surface area contributed by atoms with E-state index >= 15 is 0 Å². The number of hydrogen-bond donors (Lipinski definition) is 2. The van der Waals surface area contributed by atoms with E-state index in [1.807, 2.05) is 61.5 Å². The summed E-state index contributed by atoms with van der Waals surface area (Å²) in [6.45, 7) is 2.05. The van der Waals surface area contributed by atoms with Gasteiger partial charge in [0.25, 0.3) is 0 Å². The molecule has 0 saturated heterocycles. The van der Waals surface area contributed by atoms with E-state index in [1.54, 1.807) is 18.2 Å². The van der Waals surface area contributed by atoms with Crippen LogP contribution in [0.15, 0.2) is 78.9 Å². The molecule has 0 aliphatic heterocycles. The Bertz CT molecular complexity index is 1030. The van der Waals surface area contributed by atoms with Gasteiger partial charge in [0.15, 0.2) is 11.6 Å². The summed E-state index contributed by atoms with van der Waals surface area (Å²) in [5, 5.41) is 5.72. The van der Waals surface area contributed by atoms with E-state index in [-0.39, 0.29) is 35.7 Å². The fourth-order valence-electron chi connectivity index (χ4n) is 2.95. The molecule has 7 heteroatoms. The van der Waals surface area contributed by atoms with Crippen LogP contribution in [0.4, 0.5) is 10.1 Å². The summed E-state index contributed by atoms with van der Waals surface area (Å²) in [6.07, 6.45) is 0. The Morgan fingerprint density at radius 3 is 2.28 bits per heavy atom. The Labute approximate surface area is 191 Å². The van der Waals surface area contributed by atoms with Crippen molar-refractivity contribution in [1.29, 1.82) is 0 Å². The summed E-state index contributed by atoms with van der Waals surface area (Å²) in [6, 6.07) is 22.6. The van der Waals surface area contributed by atoms with Crippen molar-refractivity contribution in [2.24, 2.45) is 0 Å². The smallest absolute Gasteiger partial charge is 0.234 e. The SMILES string of the molecule is Cc1ccc(NC(=O)CSCC(=O)N[C@H](COc2ccccc2F)c2ccccc2)cc1. The number of thioether (sulfide) groups is 1. The van der Waals surface area contributed by atoms with Gasteiger partial charge in [-0.1, -0.05) is 60.2 Å². The number of halogens is 1. The minimum absolute atomic E-state index is 0.0786. The van der Waals surface area contributed by atoms with Gasteiger partial charge in [-0.2, -0.15) is 0 Å². The predicted molar refractivity (Wildman–Crippen MR) is 126 cm³/mol. The second-order valence-corrected chi connectivity index (χ2v) is 8.16. The van der Waals surface area contributed by atoms with Gasteiger partial charge in [-0.25, -0.2) is 4.39 Å². The van der Waals surface area contributed by atoms with Crippen LogP contribution in [0.25, 0.3) is 0 Å². The number of para-hydroxylation sites is 1. The first-order valence-corrected chi connectivity index (χ1v) is 11.3. The van der Waals surface area contributed by atoms with Crippen LogP contribution < -0.4 is 15.4 Å². The Morgan fingerprint density at radius 1 is 0.906 bits per heavy atom. The summed E-state index contributed by atoms with van der Waals surface area (Å²) >= 11 is 1.22. The van der Waals surface area contributed by atoms with Crippen molar-refractivity contribution >= 4 is 29.3 Å². The van der Waals surface area contributed by atoms with E-state index in [0.29, 0.717) is 0 Å². The van der Waals surface area contributed by atoms with E-state index < -0.39 is 11.9 Å². The van der Waals surface area contributed by atoms with Gasteiger partial charge in [0.05, 0.1) is 17.5 Å². The van der Waals surface area contributed by atoms with Crippen molar-refractivity contribution in [2.75, 3.05) is 23.4 Å². The molecule has 0 aromatic heterocycles. The minimum Gasteiger partial charge on any atom is -0.488 e. The van der Waals surface area contributed by atoms with Crippen LogP contribution in [-0.4, -0.2) is 29.9 Å². The van der Waals surface area contributed by atoms with Crippen molar-refractivity contribution in [3.05, 3.63) is 95.8 Å². The third kappa shape index (κ3) is 7.42. The lowest BCUT2D eigenvalue weighted by Gasteiger charge is -2.20. The van der Waals surface area contributed by atoms with Crippen molar-refractivity contribution in [2.45, 2.75) is 13.0 Å². The molecule has 0 spiro atoms. The molecule has 0 saturated carbocycles.